The highest BCUT2D eigenvalue weighted by atomic mass is 16.5. The lowest BCUT2D eigenvalue weighted by molar-refractivity contribution is -0.135. The molecule has 1 fully saturated rings. The first-order chi connectivity index (χ1) is 9.63. The van der Waals surface area contributed by atoms with E-state index in [1.807, 2.05) is 6.92 Å². The lowest BCUT2D eigenvalue weighted by atomic mass is 10.3. The van der Waals surface area contributed by atoms with Crippen LogP contribution in [-0.2, 0) is 19.1 Å². The molecule has 0 bridgehead atoms. The fourth-order valence-corrected chi connectivity index (χ4v) is 1.99. The minimum Gasteiger partial charge on any atom is -0.383 e. The van der Waals surface area contributed by atoms with Crippen LogP contribution >= 0.6 is 0 Å². The van der Waals surface area contributed by atoms with Gasteiger partial charge in [-0.05, 0) is 6.92 Å². The van der Waals surface area contributed by atoms with E-state index in [9.17, 15) is 9.59 Å². The normalized spacial score (nSPS) is 16.8. The summed E-state index contributed by atoms with van der Waals surface area (Å²) in [6, 6.07) is -0.00992. The Morgan fingerprint density at radius 2 is 2.05 bits per heavy atom. The maximum absolute atomic E-state index is 11.8. The highest BCUT2D eigenvalue weighted by molar-refractivity contribution is 5.78. The molecule has 0 spiro atoms. The summed E-state index contributed by atoms with van der Waals surface area (Å²) in [5.74, 6) is 0.0160. The van der Waals surface area contributed by atoms with Gasteiger partial charge in [0.15, 0.2) is 0 Å². The largest absolute Gasteiger partial charge is 0.383 e. The molecule has 0 aliphatic carbocycles. The van der Waals surface area contributed by atoms with Crippen LogP contribution in [0.2, 0.25) is 0 Å². The van der Waals surface area contributed by atoms with E-state index in [0.29, 0.717) is 45.9 Å². The van der Waals surface area contributed by atoms with Crippen LogP contribution in [0.15, 0.2) is 0 Å². The maximum Gasteiger partial charge on any atom is 0.234 e. The second-order valence-corrected chi connectivity index (χ2v) is 4.84. The van der Waals surface area contributed by atoms with E-state index in [-0.39, 0.29) is 24.4 Å². The molecule has 20 heavy (non-hydrogen) atoms. The predicted molar refractivity (Wildman–Crippen MR) is 74.4 cm³/mol. The van der Waals surface area contributed by atoms with Crippen molar-refractivity contribution in [1.82, 2.24) is 15.5 Å². The van der Waals surface area contributed by atoms with Crippen molar-refractivity contribution in [3.05, 3.63) is 0 Å². The van der Waals surface area contributed by atoms with Crippen LogP contribution < -0.4 is 10.6 Å². The molecule has 1 aliphatic rings. The van der Waals surface area contributed by atoms with Gasteiger partial charge in [-0.2, -0.15) is 0 Å². The molecule has 1 heterocycles. The number of rotatable bonds is 8. The summed E-state index contributed by atoms with van der Waals surface area (Å²) in [6.07, 6.45) is 0.404. The highest BCUT2D eigenvalue weighted by Gasteiger charge is 2.16. The first kappa shape index (κ1) is 16.9. The van der Waals surface area contributed by atoms with Gasteiger partial charge in [0.25, 0.3) is 0 Å². The zero-order valence-electron chi connectivity index (χ0n) is 12.3. The van der Waals surface area contributed by atoms with Crippen LogP contribution in [0.3, 0.4) is 0 Å². The predicted octanol–water partition coefficient (Wildman–Crippen LogP) is -1.02. The molecule has 1 saturated heterocycles. The number of nitrogens with one attached hydrogen (secondary N) is 2. The Labute approximate surface area is 120 Å². The summed E-state index contributed by atoms with van der Waals surface area (Å²) < 4.78 is 10.1. The van der Waals surface area contributed by atoms with E-state index >= 15 is 0 Å². The molecule has 0 radical (unpaired) electrons. The van der Waals surface area contributed by atoms with Gasteiger partial charge in [-0.1, -0.05) is 0 Å². The van der Waals surface area contributed by atoms with Crippen molar-refractivity contribution in [2.24, 2.45) is 0 Å². The van der Waals surface area contributed by atoms with Crippen LogP contribution in [0.4, 0.5) is 0 Å². The highest BCUT2D eigenvalue weighted by Crippen LogP contribution is 1.99. The monoisotopic (exact) mass is 287 g/mol. The second-order valence-electron chi connectivity index (χ2n) is 4.84. The molecule has 0 aromatic carbocycles. The number of hydrogen-bond acceptors (Lipinski definition) is 5. The van der Waals surface area contributed by atoms with E-state index in [4.69, 9.17) is 9.47 Å². The van der Waals surface area contributed by atoms with Crippen molar-refractivity contribution in [1.29, 1.82) is 0 Å². The molecular weight excluding hydrogens is 262 g/mol. The van der Waals surface area contributed by atoms with Crippen LogP contribution in [0.25, 0.3) is 0 Å². The topological polar surface area (TPSA) is 79.9 Å². The van der Waals surface area contributed by atoms with Crippen LogP contribution in [0, 0.1) is 0 Å². The number of ether oxygens (including phenoxy) is 2. The minimum atomic E-state index is -0.0895. The molecule has 1 unspecified atom stereocenters. The lowest BCUT2D eigenvalue weighted by Gasteiger charge is -2.26. The fraction of sp³-hybridized carbons (Fsp3) is 0.846. The first-order valence-electron chi connectivity index (χ1n) is 6.98. The van der Waals surface area contributed by atoms with Gasteiger partial charge in [-0.25, -0.2) is 0 Å². The van der Waals surface area contributed by atoms with Gasteiger partial charge in [0, 0.05) is 39.2 Å². The molecule has 0 aromatic heterocycles. The van der Waals surface area contributed by atoms with Gasteiger partial charge in [0.2, 0.25) is 11.8 Å². The Morgan fingerprint density at radius 3 is 2.70 bits per heavy atom. The number of carbonyl (C=O) groups excluding carboxylic acids is 2. The Bertz CT molecular complexity index is 306. The molecule has 7 heteroatoms. The molecule has 0 saturated carbocycles. The van der Waals surface area contributed by atoms with Crippen molar-refractivity contribution >= 4 is 11.8 Å². The van der Waals surface area contributed by atoms with Gasteiger partial charge in [0.1, 0.15) is 0 Å². The number of nitrogens with zero attached hydrogens (tertiary/aromatic N) is 1. The summed E-state index contributed by atoms with van der Waals surface area (Å²) >= 11 is 0. The molecule has 1 atom stereocenters. The zero-order valence-corrected chi connectivity index (χ0v) is 12.3. The third-order valence-electron chi connectivity index (χ3n) is 2.99. The van der Waals surface area contributed by atoms with Crippen molar-refractivity contribution < 1.29 is 19.1 Å². The molecule has 2 N–H and O–H groups in total. The van der Waals surface area contributed by atoms with Gasteiger partial charge < -0.3 is 25.0 Å². The Hall–Kier alpha value is -1.18. The molecular formula is C13H25N3O4. The standard InChI is InChI=1S/C13H25N3O4/c1-11(10-19-2)15-12(17)9-14-4-3-13(18)16-5-7-20-8-6-16/h11,14H,3-10H2,1-2H3,(H,15,17). The quantitative estimate of drug-likeness (QED) is 0.558. The summed E-state index contributed by atoms with van der Waals surface area (Å²) in [5, 5.41) is 5.77. The third-order valence-corrected chi connectivity index (χ3v) is 2.99. The van der Waals surface area contributed by atoms with Gasteiger partial charge >= 0.3 is 0 Å². The smallest absolute Gasteiger partial charge is 0.234 e. The summed E-state index contributed by atoms with van der Waals surface area (Å²) in [4.78, 5) is 25.2. The van der Waals surface area contributed by atoms with Gasteiger partial charge in [0.05, 0.1) is 26.4 Å². The van der Waals surface area contributed by atoms with Crippen molar-refractivity contribution in [2.75, 3.05) is 53.1 Å². The molecule has 116 valence electrons. The molecule has 0 aromatic rings. The molecule has 2 amide bonds. The molecule has 1 aliphatic heterocycles. The Kier molecular flexibility index (Phi) is 8.17. The third kappa shape index (κ3) is 6.83. The molecule has 7 nitrogen and oxygen atoms in total. The average Bonchev–Trinajstić information content (AvgIpc) is 2.44. The number of hydrogen-bond donors (Lipinski definition) is 2. The SMILES string of the molecule is COCC(C)NC(=O)CNCCC(=O)N1CCOCC1. The minimum absolute atomic E-state index is 0.00992. The number of morpholine rings is 1. The second kappa shape index (κ2) is 9.68. The Balaban J connectivity index is 2.05. The Morgan fingerprint density at radius 1 is 1.35 bits per heavy atom. The van der Waals surface area contributed by atoms with Crippen molar-refractivity contribution in [2.45, 2.75) is 19.4 Å². The van der Waals surface area contributed by atoms with Gasteiger partial charge in [-0.3, -0.25) is 9.59 Å². The van der Waals surface area contributed by atoms with E-state index < -0.39 is 0 Å². The maximum atomic E-state index is 11.8. The molecule has 1 rings (SSSR count). The summed E-state index contributed by atoms with van der Waals surface area (Å²) in [5.41, 5.74) is 0. The number of carbonyl (C=O) groups is 2. The van der Waals surface area contributed by atoms with Crippen LogP contribution in [0.5, 0.6) is 0 Å². The van der Waals surface area contributed by atoms with Crippen molar-refractivity contribution in [3.63, 3.8) is 0 Å². The van der Waals surface area contributed by atoms with Gasteiger partial charge in [-0.15, -0.1) is 0 Å². The lowest BCUT2D eigenvalue weighted by Crippen LogP contribution is -2.43. The average molecular weight is 287 g/mol. The number of amides is 2. The zero-order chi connectivity index (χ0) is 14.8. The first-order valence-corrected chi connectivity index (χ1v) is 6.98. The van der Waals surface area contributed by atoms with E-state index in [0.717, 1.165) is 0 Å². The van der Waals surface area contributed by atoms with Crippen LogP contribution in [0.1, 0.15) is 13.3 Å². The summed E-state index contributed by atoms with van der Waals surface area (Å²) in [7, 11) is 1.60. The number of methoxy groups -OCH3 is 1. The van der Waals surface area contributed by atoms with Crippen LogP contribution in [-0.4, -0.2) is 75.9 Å². The van der Waals surface area contributed by atoms with E-state index in [1.165, 1.54) is 0 Å². The van der Waals surface area contributed by atoms with E-state index in [1.54, 1.807) is 12.0 Å². The summed E-state index contributed by atoms with van der Waals surface area (Å²) in [6.45, 7) is 5.62. The van der Waals surface area contributed by atoms with Crippen molar-refractivity contribution in [3.8, 4) is 0 Å². The van der Waals surface area contributed by atoms with E-state index in [2.05, 4.69) is 10.6 Å². The fourth-order valence-electron chi connectivity index (χ4n) is 1.99.